The van der Waals surface area contributed by atoms with E-state index in [9.17, 15) is 9.59 Å². The standard InChI is InChI=1S/C21H25NO3/c1-15(2)17-12-8-9-13-18(17)22-19(23)14-25-20(24)21(3,4)16-10-6-5-7-11-16/h5-13,15H,14H2,1-4H3,(H,22,23). The van der Waals surface area contributed by atoms with Gasteiger partial charge in [0.2, 0.25) is 0 Å². The van der Waals surface area contributed by atoms with Gasteiger partial charge in [-0.2, -0.15) is 0 Å². The van der Waals surface area contributed by atoms with Gasteiger partial charge in [-0.05, 0) is 37.0 Å². The number of carbonyl (C=O) groups is 2. The third kappa shape index (κ3) is 4.69. The Morgan fingerprint density at radius 3 is 2.24 bits per heavy atom. The van der Waals surface area contributed by atoms with Gasteiger partial charge in [0, 0.05) is 5.69 Å². The van der Waals surface area contributed by atoms with Gasteiger partial charge in [-0.15, -0.1) is 0 Å². The molecule has 0 heterocycles. The molecule has 0 aliphatic carbocycles. The Morgan fingerprint density at radius 1 is 1.00 bits per heavy atom. The van der Waals surface area contributed by atoms with Crippen molar-refractivity contribution in [3.05, 3.63) is 65.7 Å². The van der Waals surface area contributed by atoms with Gasteiger partial charge in [0.15, 0.2) is 6.61 Å². The zero-order valence-corrected chi connectivity index (χ0v) is 15.2. The summed E-state index contributed by atoms with van der Waals surface area (Å²) in [4.78, 5) is 24.6. The lowest BCUT2D eigenvalue weighted by atomic mass is 9.85. The van der Waals surface area contributed by atoms with Crippen molar-refractivity contribution in [1.29, 1.82) is 0 Å². The summed E-state index contributed by atoms with van der Waals surface area (Å²) in [7, 11) is 0. The molecule has 0 spiro atoms. The van der Waals surface area contributed by atoms with Crippen LogP contribution in [0.1, 0.15) is 44.7 Å². The van der Waals surface area contributed by atoms with Gasteiger partial charge in [-0.3, -0.25) is 9.59 Å². The van der Waals surface area contributed by atoms with E-state index in [0.29, 0.717) is 0 Å². The Bertz CT molecular complexity index is 736. The molecule has 2 aromatic rings. The van der Waals surface area contributed by atoms with E-state index >= 15 is 0 Å². The van der Waals surface area contributed by atoms with Crippen LogP contribution in [0.4, 0.5) is 5.69 Å². The summed E-state index contributed by atoms with van der Waals surface area (Å²) in [5, 5.41) is 2.82. The molecule has 25 heavy (non-hydrogen) atoms. The van der Waals surface area contributed by atoms with Crippen LogP contribution in [0.5, 0.6) is 0 Å². The maximum atomic E-state index is 12.4. The van der Waals surface area contributed by atoms with Crippen molar-refractivity contribution < 1.29 is 14.3 Å². The summed E-state index contributed by atoms with van der Waals surface area (Å²) in [5.74, 6) is -0.479. The average molecular weight is 339 g/mol. The van der Waals surface area contributed by atoms with Gasteiger partial charge < -0.3 is 10.1 Å². The molecule has 4 heteroatoms. The summed E-state index contributed by atoms with van der Waals surface area (Å²) < 4.78 is 5.24. The molecule has 2 aromatic carbocycles. The number of benzene rings is 2. The van der Waals surface area contributed by atoms with Crippen molar-refractivity contribution in [1.82, 2.24) is 0 Å². The SMILES string of the molecule is CC(C)c1ccccc1NC(=O)COC(=O)C(C)(C)c1ccccc1. The molecule has 0 aliphatic rings. The summed E-state index contributed by atoms with van der Waals surface area (Å²) in [6.07, 6.45) is 0. The van der Waals surface area contributed by atoms with Crippen LogP contribution in [0.15, 0.2) is 54.6 Å². The number of rotatable bonds is 6. The van der Waals surface area contributed by atoms with Gasteiger partial charge in [0.05, 0.1) is 5.41 Å². The second-order valence-electron chi connectivity index (χ2n) is 6.86. The first-order valence-corrected chi connectivity index (χ1v) is 8.44. The molecule has 4 nitrogen and oxygen atoms in total. The fraction of sp³-hybridized carbons (Fsp3) is 0.333. The highest BCUT2D eigenvalue weighted by atomic mass is 16.5. The van der Waals surface area contributed by atoms with E-state index in [0.717, 1.165) is 16.8 Å². The maximum Gasteiger partial charge on any atom is 0.316 e. The molecule has 0 unspecified atom stereocenters. The smallest absolute Gasteiger partial charge is 0.316 e. The largest absolute Gasteiger partial charge is 0.455 e. The third-order valence-electron chi connectivity index (χ3n) is 4.20. The average Bonchev–Trinajstić information content (AvgIpc) is 2.60. The molecule has 1 N–H and O–H groups in total. The first kappa shape index (κ1) is 18.7. The zero-order chi connectivity index (χ0) is 18.4. The number of amides is 1. The second kappa shape index (κ2) is 7.97. The quantitative estimate of drug-likeness (QED) is 0.800. The Kier molecular flexibility index (Phi) is 5.97. The molecule has 0 atom stereocenters. The lowest BCUT2D eigenvalue weighted by molar-refractivity contribution is -0.152. The summed E-state index contributed by atoms with van der Waals surface area (Å²) in [6, 6.07) is 17.0. The number of anilines is 1. The topological polar surface area (TPSA) is 55.4 Å². The first-order valence-electron chi connectivity index (χ1n) is 8.44. The monoisotopic (exact) mass is 339 g/mol. The van der Waals surface area contributed by atoms with Crippen LogP contribution in [-0.2, 0) is 19.7 Å². The molecular formula is C21H25NO3. The highest BCUT2D eigenvalue weighted by Gasteiger charge is 2.31. The first-order chi connectivity index (χ1) is 11.8. The molecule has 132 valence electrons. The molecule has 0 saturated heterocycles. The number of hydrogen-bond acceptors (Lipinski definition) is 3. The van der Waals surface area contributed by atoms with Crippen LogP contribution in [-0.4, -0.2) is 18.5 Å². The Morgan fingerprint density at radius 2 is 1.60 bits per heavy atom. The summed E-state index contributed by atoms with van der Waals surface area (Å²) in [6.45, 7) is 7.40. The van der Waals surface area contributed by atoms with Crippen LogP contribution in [0.2, 0.25) is 0 Å². The van der Waals surface area contributed by atoms with E-state index in [1.165, 1.54) is 0 Å². The van der Waals surface area contributed by atoms with Crippen molar-refractivity contribution in [2.75, 3.05) is 11.9 Å². The predicted octanol–water partition coefficient (Wildman–Crippen LogP) is 4.27. The van der Waals surface area contributed by atoms with Gasteiger partial charge in [-0.25, -0.2) is 0 Å². The van der Waals surface area contributed by atoms with Crippen molar-refractivity contribution in [3.63, 3.8) is 0 Å². The summed E-state index contributed by atoms with van der Waals surface area (Å²) >= 11 is 0. The highest BCUT2D eigenvalue weighted by molar-refractivity contribution is 5.94. The number of hydrogen-bond donors (Lipinski definition) is 1. The lowest BCUT2D eigenvalue weighted by Gasteiger charge is -2.23. The van der Waals surface area contributed by atoms with Gasteiger partial charge in [0.25, 0.3) is 5.91 Å². The minimum Gasteiger partial charge on any atom is -0.455 e. The van der Waals surface area contributed by atoms with Crippen LogP contribution >= 0.6 is 0 Å². The molecule has 0 radical (unpaired) electrons. The second-order valence-corrected chi connectivity index (χ2v) is 6.86. The van der Waals surface area contributed by atoms with Crippen molar-refractivity contribution in [3.8, 4) is 0 Å². The van der Waals surface area contributed by atoms with Crippen LogP contribution in [0.25, 0.3) is 0 Å². The van der Waals surface area contributed by atoms with Crippen LogP contribution in [0.3, 0.4) is 0 Å². The lowest BCUT2D eigenvalue weighted by Crippen LogP contribution is -2.33. The van der Waals surface area contributed by atoms with Crippen molar-refractivity contribution in [2.24, 2.45) is 0 Å². The number of para-hydroxylation sites is 1. The third-order valence-corrected chi connectivity index (χ3v) is 4.20. The highest BCUT2D eigenvalue weighted by Crippen LogP contribution is 2.25. The van der Waals surface area contributed by atoms with E-state index in [2.05, 4.69) is 19.2 Å². The minimum absolute atomic E-state index is 0.288. The Balaban J connectivity index is 1.97. The number of carbonyl (C=O) groups excluding carboxylic acids is 2. The molecule has 1 amide bonds. The fourth-order valence-corrected chi connectivity index (χ4v) is 2.58. The molecule has 0 fully saturated rings. The number of nitrogens with one attached hydrogen (secondary N) is 1. The molecule has 2 rings (SSSR count). The maximum absolute atomic E-state index is 12.4. The van der Waals surface area contributed by atoms with E-state index in [-0.39, 0.29) is 18.4 Å². The van der Waals surface area contributed by atoms with Gasteiger partial charge >= 0.3 is 5.97 Å². The summed E-state index contributed by atoms with van der Waals surface area (Å²) in [5.41, 5.74) is 1.84. The van der Waals surface area contributed by atoms with Crippen molar-refractivity contribution in [2.45, 2.75) is 39.0 Å². The normalized spacial score (nSPS) is 11.2. The fourth-order valence-electron chi connectivity index (χ4n) is 2.58. The van der Waals surface area contributed by atoms with Crippen molar-refractivity contribution >= 4 is 17.6 Å². The molecular weight excluding hydrogens is 314 g/mol. The predicted molar refractivity (Wildman–Crippen MR) is 99.6 cm³/mol. The minimum atomic E-state index is -0.808. The molecule has 0 bridgehead atoms. The zero-order valence-electron chi connectivity index (χ0n) is 15.2. The Hall–Kier alpha value is -2.62. The number of esters is 1. The molecule has 0 saturated carbocycles. The van der Waals surface area contributed by atoms with Gasteiger partial charge in [0.1, 0.15) is 0 Å². The molecule has 0 aliphatic heterocycles. The van der Waals surface area contributed by atoms with E-state index in [1.54, 1.807) is 13.8 Å². The van der Waals surface area contributed by atoms with E-state index in [4.69, 9.17) is 4.74 Å². The Labute approximate surface area is 149 Å². The van der Waals surface area contributed by atoms with E-state index < -0.39 is 11.4 Å². The number of ether oxygens (including phenoxy) is 1. The van der Waals surface area contributed by atoms with Crippen LogP contribution in [0, 0.1) is 0 Å². The van der Waals surface area contributed by atoms with Crippen LogP contribution < -0.4 is 5.32 Å². The van der Waals surface area contributed by atoms with E-state index in [1.807, 2.05) is 54.6 Å². The van der Waals surface area contributed by atoms with Gasteiger partial charge in [-0.1, -0.05) is 62.4 Å². The molecule has 0 aromatic heterocycles.